The topological polar surface area (TPSA) is 96.7 Å². The maximum atomic E-state index is 12.6. The Hall–Kier alpha value is -3.66. The maximum Gasteiger partial charge on any atom is 0.339 e. The van der Waals surface area contributed by atoms with Crippen LogP contribution in [0.15, 0.2) is 48.5 Å². The Morgan fingerprint density at radius 2 is 2.00 bits per heavy atom. The molecule has 154 valence electrons. The van der Waals surface area contributed by atoms with Crippen molar-refractivity contribution in [2.45, 2.75) is 32.0 Å². The maximum absolute atomic E-state index is 12.6. The molecule has 0 saturated heterocycles. The molecule has 2 atom stereocenters. The lowest BCUT2D eigenvalue weighted by Gasteiger charge is -2.25. The number of benzene rings is 2. The molecule has 1 aliphatic heterocycles. The number of amides is 1. The van der Waals surface area contributed by atoms with Gasteiger partial charge in [0.2, 0.25) is 0 Å². The van der Waals surface area contributed by atoms with Crippen molar-refractivity contribution in [2.75, 3.05) is 13.6 Å². The molecule has 7 heteroatoms. The lowest BCUT2D eigenvalue weighted by molar-refractivity contribution is -0.138. The van der Waals surface area contributed by atoms with E-state index in [0.29, 0.717) is 17.5 Å². The van der Waals surface area contributed by atoms with E-state index in [9.17, 15) is 14.4 Å². The zero-order valence-corrected chi connectivity index (χ0v) is 16.8. The molecule has 2 aromatic rings. The molecule has 0 radical (unpaired) electrons. The SMILES string of the molecule is C[C@H](OC(=O)c1ccc2c(c1)C[C@H](c1ccccc1)OC2=O)C(=O)N(C)CCC#N. The fourth-order valence-corrected chi connectivity index (χ4v) is 3.29. The zero-order valence-electron chi connectivity index (χ0n) is 16.8. The van der Waals surface area contributed by atoms with Gasteiger partial charge >= 0.3 is 11.9 Å². The third kappa shape index (κ3) is 4.66. The van der Waals surface area contributed by atoms with Gasteiger partial charge in [-0.3, -0.25) is 4.79 Å². The smallest absolute Gasteiger partial charge is 0.339 e. The molecule has 0 unspecified atom stereocenters. The number of ether oxygens (including phenoxy) is 2. The summed E-state index contributed by atoms with van der Waals surface area (Å²) in [5.74, 6) is -1.47. The van der Waals surface area contributed by atoms with Crippen LogP contribution in [0.5, 0.6) is 0 Å². The lowest BCUT2D eigenvalue weighted by Crippen LogP contribution is -2.38. The largest absolute Gasteiger partial charge is 0.454 e. The fourth-order valence-electron chi connectivity index (χ4n) is 3.29. The van der Waals surface area contributed by atoms with Crippen LogP contribution in [0.3, 0.4) is 0 Å². The number of esters is 2. The molecule has 0 aliphatic carbocycles. The van der Waals surface area contributed by atoms with Gasteiger partial charge in [0, 0.05) is 20.0 Å². The minimum absolute atomic E-state index is 0.201. The van der Waals surface area contributed by atoms with Gasteiger partial charge in [-0.25, -0.2) is 9.59 Å². The minimum atomic E-state index is -0.987. The van der Waals surface area contributed by atoms with Crippen molar-refractivity contribution in [1.82, 2.24) is 4.90 Å². The van der Waals surface area contributed by atoms with E-state index in [2.05, 4.69) is 0 Å². The number of cyclic esters (lactones) is 1. The molecular formula is C23H22N2O5. The molecule has 1 heterocycles. The first kappa shape index (κ1) is 21.1. The predicted molar refractivity (Wildman–Crippen MR) is 107 cm³/mol. The van der Waals surface area contributed by atoms with Crippen molar-refractivity contribution in [2.24, 2.45) is 0 Å². The molecule has 0 aromatic heterocycles. The molecule has 0 saturated carbocycles. The second-order valence-corrected chi connectivity index (χ2v) is 7.10. The van der Waals surface area contributed by atoms with E-state index >= 15 is 0 Å². The van der Waals surface area contributed by atoms with E-state index < -0.39 is 24.1 Å². The van der Waals surface area contributed by atoms with Gasteiger partial charge in [0.15, 0.2) is 6.10 Å². The van der Waals surface area contributed by atoms with Crippen molar-refractivity contribution in [3.8, 4) is 6.07 Å². The van der Waals surface area contributed by atoms with E-state index in [4.69, 9.17) is 14.7 Å². The summed E-state index contributed by atoms with van der Waals surface area (Å²) >= 11 is 0. The quantitative estimate of drug-likeness (QED) is 0.684. The first-order valence-corrected chi connectivity index (χ1v) is 9.62. The van der Waals surface area contributed by atoms with Crippen LogP contribution in [0.1, 0.15) is 51.3 Å². The first-order chi connectivity index (χ1) is 14.4. The van der Waals surface area contributed by atoms with E-state index in [1.807, 2.05) is 36.4 Å². The van der Waals surface area contributed by atoms with E-state index in [1.54, 1.807) is 19.2 Å². The molecule has 1 aliphatic rings. The molecule has 0 bridgehead atoms. The highest BCUT2D eigenvalue weighted by molar-refractivity contribution is 5.96. The molecule has 7 nitrogen and oxygen atoms in total. The molecule has 3 rings (SSSR count). The Balaban J connectivity index is 1.72. The summed E-state index contributed by atoms with van der Waals surface area (Å²) in [5.41, 5.74) is 2.25. The van der Waals surface area contributed by atoms with Crippen LogP contribution in [-0.4, -0.2) is 42.4 Å². The van der Waals surface area contributed by atoms with Gasteiger partial charge in [-0.15, -0.1) is 0 Å². The Kier molecular flexibility index (Phi) is 6.48. The summed E-state index contributed by atoms with van der Waals surface area (Å²) in [6, 6.07) is 16.0. The average molecular weight is 406 g/mol. The van der Waals surface area contributed by atoms with Gasteiger partial charge < -0.3 is 14.4 Å². The third-order valence-corrected chi connectivity index (χ3v) is 4.95. The monoisotopic (exact) mass is 406 g/mol. The standard InChI is InChI=1S/C23H22N2O5/c1-15(21(26)25(2)12-6-11-24)29-22(27)17-9-10-19-18(13-17)14-20(30-23(19)28)16-7-4-3-5-8-16/h3-5,7-10,13,15,20H,6,12,14H2,1-2H3/t15-,20+/m0/s1. The van der Waals surface area contributed by atoms with Crippen LogP contribution in [0.2, 0.25) is 0 Å². The van der Waals surface area contributed by atoms with Crippen LogP contribution in [0.25, 0.3) is 0 Å². The van der Waals surface area contributed by atoms with Gasteiger partial charge in [-0.05, 0) is 36.2 Å². The van der Waals surface area contributed by atoms with Gasteiger partial charge in [-0.2, -0.15) is 5.26 Å². The summed E-state index contributed by atoms with van der Waals surface area (Å²) in [7, 11) is 1.55. The molecule has 1 amide bonds. The number of carbonyl (C=O) groups excluding carboxylic acids is 3. The van der Waals surface area contributed by atoms with Crippen LogP contribution in [-0.2, 0) is 20.7 Å². The summed E-state index contributed by atoms with van der Waals surface area (Å²) in [4.78, 5) is 38.5. The summed E-state index contributed by atoms with van der Waals surface area (Å²) in [5, 5.41) is 8.63. The lowest BCUT2D eigenvalue weighted by atomic mass is 9.93. The second kappa shape index (κ2) is 9.23. The summed E-state index contributed by atoms with van der Waals surface area (Å²) < 4.78 is 10.8. The number of hydrogen-bond donors (Lipinski definition) is 0. The van der Waals surface area contributed by atoms with Crippen LogP contribution in [0.4, 0.5) is 0 Å². The van der Waals surface area contributed by atoms with Gasteiger partial charge in [0.05, 0.1) is 23.6 Å². The minimum Gasteiger partial charge on any atom is -0.454 e. The van der Waals surface area contributed by atoms with Gasteiger partial charge in [-0.1, -0.05) is 30.3 Å². The number of carbonyl (C=O) groups is 3. The third-order valence-electron chi connectivity index (χ3n) is 4.95. The van der Waals surface area contributed by atoms with Crippen LogP contribution in [0, 0.1) is 11.3 Å². The van der Waals surface area contributed by atoms with Gasteiger partial charge in [0.25, 0.3) is 5.91 Å². The van der Waals surface area contributed by atoms with Gasteiger partial charge in [0.1, 0.15) is 6.10 Å². The van der Waals surface area contributed by atoms with E-state index in [-0.39, 0.29) is 24.4 Å². The van der Waals surface area contributed by atoms with Crippen molar-refractivity contribution in [1.29, 1.82) is 5.26 Å². The summed E-state index contributed by atoms with van der Waals surface area (Å²) in [6.07, 6.45) is -0.768. The van der Waals surface area contributed by atoms with Crippen LogP contribution < -0.4 is 0 Å². The van der Waals surface area contributed by atoms with Crippen molar-refractivity contribution < 1.29 is 23.9 Å². The van der Waals surface area contributed by atoms with Crippen LogP contribution >= 0.6 is 0 Å². The molecular weight excluding hydrogens is 384 g/mol. The number of rotatable bonds is 6. The van der Waals surface area contributed by atoms with Crippen molar-refractivity contribution >= 4 is 17.8 Å². The summed E-state index contributed by atoms with van der Waals surface area (Å²) in [6.45, 7) is 1.75. The van der Waals surface area contributed by atoms with E-state index in [1.165, 1.54) is 17.9 Å². The Labute approximate surface area is 174 Å². The molecule has 30 heavy (non-hydrogen) atoms. The number of nitrogens with zero attached hydrogens (tertiary/aromatic N) is 2. The Morgan fingerprint density at radius 3 is 2.70 bits per heavy atom. The first-order valence-electron chi connectivity index (χ1n) is 9.62. The van der Waals surface area contributed by atoms with Crippen molar-refractivity contribution in [3.63, 3.8) is 0 Å². The highest BCUT2D eigenvalue weighted by Gasteiger charge is 2.29. The fraction of sp³-hybridized carbons (Fsp3) is 0.304. The van der Waals surface area contributed by atoms with Crippen molar-refractivity contribution in [3.05, 3.63) is 70.8 Å². The Bertz CT molecular complexity index is 996. The Morgan fingerprint density at radius 1 is 1.27 bits per heavy atom. The van der Waals surface area contributed by atoms with E-state index in [0.717, 1.165) is 5.56 Å². The number of fused-ring (bicyclic) bond motifs is 1. The number of likely N-dealkylation sites (N-methyl/N-ethyl adjacent to an activating group) is 1. The highest BCUT2D eigenvalue weighted by Crippen LogP contribution is 2.31. The number of hydrogen-bond acceptors (Lipinski definition) is 6. The molecule has 0 spiro atoms. The predicted octanol–water partition coefficient (Wildman–Crippen LogP) is 3.06. The molecule has 0 N–H and O–H groups in total. The average Bonchev–Trinajstić information content (AvgIpc) is 2.76. The molecule has 2 aromatic carbocycles. The normalized spacial score (nSPS) is 15.9. The highest BCUT2D eigenvalue weighted by atomic mass is 16.6. The second-order valence-electron chi connectivity index (χ2n) is 7.10. The molecule has 0 fully saturated rings. The zero-order chi connectivity index (χ0) is 21.7. The number of nitriles is 1.